The number of ether oxygens (including phenoxy) is 2. The van der Waals surface area contributed by atoms with Gasteiger partial charge in [0.1, 0.15) is 11.5 Å². The Morgan fingerprint density at radius 2 is 1.97 bits per heavy atom. The molecule has 1 saturated heterocycles. The number of anilines is 2. The number of hydrogen-bond donors (Lipinski definition) is 1. The van der Waals surface area contributed by atoms with E-state index >= 15 is 0 Å². The van der Waals surface area contributed by atoms with Crippen molar-refractivity contribution >= 4 is 23.8 Å². The summed E-state index contributed by atoms with van der Waals surface area (Å²) in [5, 5.41) is 15.3. The third kappa shape index (κ3) is 5.06. The summed E-state index contributed by atoms with van der Waals surface area (Å²) in [7, 11) is 1.48. The van der Waals surface area contributed by atoms with Crippen molar-refractivity contribution in [2.75, 3.05) is 43.7 Å². The van der Waals surface area contributed by atoms with Gasteiger partial charge in [-0.15, -0.1) is 0 Å². The maximum absolute atomic E-state index is 11.1. The minimum Gasteiger partial charge on any atom is -0.467 e. The van der Waals surface area contributed by atoms with E-state index in [-0.39, 0.29) is 17.6 Å². The molecule has 12 heteroatoms. The molecule has 0 atom stereocenters. The molecule has 1 fully saturated rings. The molecule has 0 aliphatic carbocycles. The minimum atomic E-state index is -0.390. The molecule has 0 spiro atoms. The van der Waals surface area contributed by atoms with Crippen LogP contribution in [0.3, 0.4) is 0 Å². The van der Waals surface area contributed by atoms with Gasteiger partial charge in [0.2, 0.25) is 5.95 Å². The second kappa shape index (κ2) is 9.61. The average molecular weight is 453 g/mol. The molecule has 1 N–H and O–H groups in total. The van der Waals surface area contributed by atoms with Crippen LogP contribution in [-0.4, -0.2) is 59.5 Å². The first-order chi connectivity index (χ1) is 15.9. The van der Waals surface area contributed by atoms with Crippen LogP contribution in [0.5, 0.6) is 6.01 Å². The van der Waals surface area contributed by atoms with E-state index in [1.807, 2.05) is 4.90 Å². The molecule has 3 aromatic rings. The van der Waals surface area contributed by atoms with Crippen molar-refractivity contribution in [3.05, 3.63) is 51.3 Å². The van der Waals surface area contributed by atoms with Crippen molar-refractivity contribution in [1.82, 2.24) is 15.0 Å². The van der Waals surface area contributed by atoms with Crippen LogP contribution in [-0.2, 0) is 4.74 Å². The van der Waals surface area contributed by atoms with Gasteiger partial charge >= 0.3 is 6.01 Å². The Morgan fingerprint density at radius 3 is 2.70 bits per heavy atom. The van der Waals surface area contributed by atoms with Crippen LogP contribution in [0.2, 0.25) is 0 Å². The Bertz CT molecular complexity index is 1190. The minimum absolute atomic E-state index is 0.0815. The fourth-order valence-corrected chi connectivity index (χ4v) is 3.38. The van der Waals surface area contributed by atoms with Crippen molar-refractivity contribution in [2.24, 2.45) is 5.10 Å². The van der Waals surface area contributed by atoms with E-state index in [9.17, 15) is 10.1 Å². The normalized spacial score (nSPS) is 14.0. The molecule has 0 unspecified atom stereocenters. The standard InChI is InChI=1S/C21H23N7O5/c1-13-11-17(28(29)30)14(2)10-16(13)18-5-4-15(33-18)12-22-26-19-23-20(25-21(24-19)31-3)27-6-8-32-9-7-27/h4-5,10-12H,6-9H2,1-3H3,(H,23,24,25,26). The number of furan rings is 1. The van der Waals surface area contributed by atoms with E-state index < -0.39 is 4.92 Å². The number of rotatable bonds is 7. The third-order valence-corrected chi connectivity index (χ3v) is 5.07. The molecule has 1 aliphatic rings. The van der Waals surface area contributed by atoms with Crippen LogP contribution < -0.4 is 15.1 Å². The highest BCUT2D eigenvalue weighted by molar-refractivity contribution is 5.78. The summed E-state index contributed by atoms with van der Waals surface area (Å²) in [6.45, 7) is 6.05. The van der Waals surface area contributed by atoms with Crippen molar-refractivity contribution in [1.29, 1.82) is 0 Å². The molecular formula is C21H23N7O5. The highest BCUT2D eigenvalue weighted by Gasteiger charge is 2.17. The Labute approximate surface area is 189 Å². The lowest BCUT2D eigenvalue weighted by atomic mass is 10.0. The number of aromatic nitrogens is 3. The van der Waals surface area contributed by atoms with Gasteiger partial charge in [-0.3, -0.25) is 10.1 Å². The summed E-state index contributed by atoms with van der Waals surface area (Å²) in [5.74, 6) is 1.78. The van der Waals surface area contributed by atoms with Crippen LogP contribution in [0.15, 0.2) is 33.8 Å². The fourth-order valence-electron chi connectivity index (χ4n) is 3.38. The van der Waals surface area contributed by atoms with E-state index in [2.05, 4.69) is 25.5 Å². The number of nitro benzene ring substituents is 1. The zero-order valence-corrected chi connectivity index (χ0v) is 18.4. The summed E-state index contributed by atoms with van der Waals surface area (Å²) < 4.78 is 16.4. The predicted molar refractivity (Wildman–Crippen MR) is 121 cm³/mol. The molecule has 33 heavy (non-hydrogen) atoms. The van der Waals surface area contributed by atoms with Crippen LogP contribution in [0.25, 0.3) is 11.3 Å². The topological polar surface area (TPSA) is 141 Å². The molecular weight excluding hydrogens is 430 g/mol. The van der Waals surface area contributed by atoms with Gasteiger partial charge in [-0.05, 0) is 37.6 Å². The average Bonchev–Trinajstić information content (AvgIpc) is 3.29. The molecule has 0 amide bonds. The van der Waals surface area contributed by atoms with Gasteiger partial charge in [0.15, 0.2) is 0 Å². The number of aryl methyl sites for hydroxylation is 2. The van der Waals surface area contributed by atoms with Crippen LogP contribution >= 0.6 is 0 Å². The fraction of sp³-hybridized carbons (Fsp3) is 0.333. The Morgan fingerprint density at radius 1 is 1.18 bits per heavy atom. The number of morpholine rings is 1. The molecule has 0 saturated carbocycles. The van der Waals surface area contributed by atoms with Gasteiger partial charge in [-0.2, -0.15) is 20.1 Å². The number of nitrogens with one attached hydrogen (secondary N) is 1. The van der Waals surface area contributed by atoms with Gasteiger partial charge in [-0.25, -0.2) is 5.43 Å². The number of hydrazone groups is 1. The van der Waals surface area contributed by atoms with E-state index in [4.69, 9.17) is 13.9 Å². The summed E-state index contributed by atoms with van der Waals surface area (Å²) in [6.07, 6.45) is 1.49. The van der Waals surface area contributed by atoms with Gasteiger partial charge in [0, 0.05) is 30.3 Å². The highest BCUT2D eigenvalue weighted by Crippen LogP contribution is 2.31. The first-order valence-corrected chi connectivity index (χ1v) is 10.2. The molecule has 12 nitrogen and oxygen atoms in total. The molecule has 2 aromatic heterocycles. The first kappa shape index (κ1) is 22.1. The summed E-state index contributed by atoms with van der Waals surface area (Å²) in [6, 6.07) is 7.01. The quantitative estimate of drug-likeness (QED) is 0.322. The molecule has 0 bridgehead atoms. The van der Waals surface area contributed by atoms with Crippen LogP contribution in [0.1, 0.15) is 16.9 Å². The molecule has 172 valence electrons. The van der Waals surface area contributed by atoms with Gasteiger partial charge in [0.05, 0.1) is 31.5 Å². The lowest BCUT2D eigenvalue weighted by molar-refractivity contribution is -0.385. The molecule has 1 aliphatic heterocycles. The first-order valence-electron chi connectivity index (χ1n) is 10.2. The second-order valence-corrected chi connectivity index (χ2v) is 7.33. The Balaban J connectivity index is 1.49. The SMILES string of the molecule is COc1nc(NN=Cc2ccc(-c3cc(C)c([N+](=O)[O-])cc3C)o2)nc(N2CCOCC2)n1. The zero-order chi connectivity index (χ0) is 23.4. The van der Waals surface area contributed by atoms with Crippen molar-refractivity contribution in [3.8, 4) is 17.3 Å². The van der Waals surface area contributed by atoms with Gasteiger partial charge in [0.25, 0.3) is 11.6 Å². The lowest BCUT2D eigenvalue weighted by Crippen LogP contribution is -2.37. The molecule has 1 aromatic carbocycles. The zero-order valence-electron chi connectivity index (χ0n) is 18.4. The van der Waals surface area contributed by atoms with E-state index in [0.29, 0.717) is 49.3 Å². The molecule has 0 radical (unpaired) electrons. The smallest absolute Gasteiger partial charge is 0.322 e. The molecule has 4 rings (SSSR count). The van der Waals surface area contributed by atoms with Crippen LogP contribution in [0.4, 0.5) is 17.6 Å². The van der Waals surface area contributed by atoms with E-state index in [1.54, 1.807) is 38.1 Å². The number of nitro groups is 1. The van der Waals surface area contributed by atoms with Gasteiger partial charge in [-0.1, -0.05) is 0 Å². The number of benzene rings is 1. The van der Waals surface area contributed by atoms with E-state index in [1.165, 1.54) is 13.3 Å². The number of hydrogen-bond acceptors (Lipinski definition) is 11. The van der Waals surface area contributed by atoms with Crippen LogP contribution in [0, 0.1) is 24.0 Å². The second-order valence-electron chi connectivity index (χ2n) is 7.33. The monoisotopic (exact) mass is 453 g/mol. The summed E-state index contributed by atoms with van der Waals surface area (Å²) >= 11 is 0. The van der Waals surface area contributed by atoms with Gasteiger partial charge < -0.3 is 18.8 Å². The Hall–Kier alpha value is -4.06. The highest BCUT2D eigenvalue weighted by atomic mass is 16.6. The van der Waals surface area contributed by atoms with Crippen molar-refractivity contribution in [2.45, 2.75) is 13.8 Å². The third-order valence-electron chi connectivity index (χ3n) is 5.07. The summed E-state index contributed by atoms with van der Waals surface area (Å²) in [5.41, 5.74) is 4.94. The Kier molecular flexibility index (Phi) is 6.45. The predicted octanol–water partition coefficient (Wildman–Crippen LogP) is 2.95. The largest absolute Gasteiger partial charge is 0.467 e. The lowest BCUT2D eigenvalue weighted by Gasteiger charge is -2.26. The summed E-state index contributed by atoms with van der Waals surface area (Å²) in [4.78, 5) is 25.6. The number of nitrogens with zero attached hydrogens (tertiary/aromatic N) is 6. The number of methoxy groups -OCH3 is 1. The van der Waals surface area contributed by atoms with E-state index in [0.717, 1.165) is 11.1 Å². The van der Waals surface area contributed by atoms with Crippen molar-refractivity contribution < 1.29 is 18.8 Å². The maximum atomic E-state index is 11.1. The van der Waals surface area contributed by atoms with Crippen molar-refractivity contribution in [3.63, 3.8) is 0 Å². The molecule has 3 heterocycles. The maximum Gasteiger partial charge on any atom is 0.322 e.